The van der Waals surface area contributed by atoms with Gasteiger partial charge in [0.2, 0.25) is 0 Å². The Morgan fingerprint density at radius 3 is 3.00 bits per heavy atom. The monoisotopic (exact) mass is 336 g/mol. The van der Waals surface area contributed by atoms with Gasteiger partial charge in [-0.1, -0.05) is 0 Å². The molecular weight excluding hydrogens is 316 g/mol. The third-order valence-electron chi connectivity index (χ3n) is 3.68. The number of aryl methyl sites for hydroxylation is 1. The van der Waals surface area contributed by atoms with E-state index in [0.29, 0.717) is 6.54 Å². The Morgan fingerprint density at radius 1 is 1.48 bits per heavy atom. The van der Waals surface area contributed by atoms with Crippen molar-refractivity contribution in [2.75, 3.05) is 20.2 Å². The summed E-state index contributed by atoms with van der Waals surface area (Å²) in [6, 6.07) is 3.86. The van der Waals surface area contributed by atoms with Crippen LogP contribution in [0.1, 0.15) is 17.6 Å². The van der Waals surface area contributed by atoms with Gasteiger partial charge in [-0.05, 0) is 26.0 Å². The second kappa shape index (κ2) is 6.82. The highest BCUT2D eigenvalue weighted by Gasteiger charge is 2.31. The molecule has 0 spiro atoms. The zero-order valence-corrected chi connectivity index (χ0v) is 14.3. The van der Waals surface area contributed by atoms with Gasteiger partial charge < -0.3 is 13.9 Å². The predicted octanol–water partition coefficient (Wildman–Crippen LogP) is 2.47. The summed E-state index contributed by atoms with van der Waals surface area (Å²) in [6.07, 6.45) is 1.34. The zero-order chi connectivity index (χ0) is 16.4. The van der Waals surface area contributed by atoms with Gasteiger partial charge in [-0.15, -0.1) is 11.3 Å². The number of carbonyl (C=O) groups excluding carboxylic acids is 1. The molecule has 0 unspecified atom stereocenters. The number of rotatable bonds is 4. The van der Waals surface area contributed by atoms with E-state index in [0.717, 1.165) is 34.5 Å². The van der Waals surface area contributed by atoms with E-state index in [9.17, 15) is 4.79 Å². The van der Waals surface area contributed by atoms with Crippen LogP contribution >= 0.6 is 11.3 Å². The molecule has 1 aliphatic rings. The lowest BCUT2D eigenvalue weighted by atomic mass is 10.2. The fourth-order valence-electron chi connectivity index (χ4n) is 2.69. The number of ether oxygens (including phenoxy) is 2. The number of hydrogen-bond donors (Lipinski definition) is 0. The first-order valence-electron chi connectivity index (χ1n) is 7.52. The molecule has 0 aliphatic carbocycles. The van der Waals surface area contributed by atoms with Crippen LogP contribution < -0.4 is 0 Å². The summed E-state index contributed by atoms with van der Waals surface area (Å²) >= 11 is 1.61. The Morgan fingerprint density at radius 2 is 2.30 bits per heavy atom. The second-order valence-electron chi connectivity index (χ2n) is 5.69. The van der Waals surface area contributed by atoms with E-state index >= 15 is 0 Å². The first kappa shape index (κ1) is 16.2. The van der Waals surface area contributed by atoms with E-state index in [-0.39, 0.29) is 12.1 Å². The largest absolute Gasteiger partial charge is 0.467 e. The number of carbonyl (C=O) groups is 1. The summed E-state index contributed by atoms with van der Waals surface area (Å²) in [5, 5.41) is 0.874. The maximum Gasteiger partial charge on any atom is 0.336 e. The van der Waals surface area contributed by atoms with Gasteiger partial charge in [0.25, 0.3) is 0 Å². The van der Waals surface area contributed by atoms with E-state index in [2.05, 4.69) is 9.88 Å². The number of morpholine rings is 1. The summed E-state index contributed by atoms with van der Waals surface area (Å²) in [5.74, 6) is 1.35. The minimum absolute atomic E-state index is 0.00651. The van der Waals surface area contributed by atoms with E-state index in [4.69, 9.17) is 13.9 Å². The van der Waals surface area contributed by atoms with Crippen molar-refractivity contribution in [2.24, 2.45) is 0 Å². The van der Waals surface area contributed by atoms with Crippen LogP contribution in [0.2, 0.25) is 0 Å². The molecule has 2 atom stereocenters. The molecule has 2 aromatic rings. The van der Waals surface area contributed by atoms with Gasteiger partial charge in [0.15, 0.2) is 16.9 Å². The third kappa shape index (κ3) is 3.80. The Balaban J connectivity index is 1.67. The van der Waals surface area contributed by atoms with E-state index in [1.807, 2.05) is 32.2 Å². The molecule has 1 fully saturated rings. The number of nitrogens with zero attached hydrogens (tertiary/aromatic N) is 2. The van der Waals surface area contributed by atoms with Crippen molar-refractivity contribution >= 4 is 17.3 Å². The smallest absolute Gasteiger partial charge is 0.336 e. The Kier molecular flexibility index (Phi) is 4.79. The Bertz CT molecular complexity index is 681. The van der Waals surface area contributed by atoms with E-state index < -0.39 is 6.10 Å². The fourth-order valence-corrected chi connectivity index (χ4v) is 3.61. The molecule has 0 N–H and O–H groups in total. The Labute approximate surface area is 139 Å². The van der Waals surface area contributed by atoms with Crippen molar-refractivity contribution in [3.05, 3.63) is 29.0 Å². The van der Waals surface area contributed by atoms with E-state index in [1.165, 1.54) is 7.11 Å². The van der Waals surface area contributed by atoms with Gasteiger partial charge >= 0.3 is 5.97 Å². The van der Waals surface area contributed by atoms with Crippen LogP contribution in [-0.2, 0) is 20.8 Å². The first-order chi connectivity index (χ1) is 11.0. The van der Waals surface area contributed by atoms with Crippen molar-refractivity contribution in [1.29, 1.82) is 0 Å². The number of aromatic nitrogens is 1. The van der Waals surface area contributed by atoms with Crippen molar-refractivity contribution in [3.8, 4) is 10.8 Å². The molecule has 6 nitrogen and oxygen atoms in total. The molecular formula is C16H20N2O4S. The number of thiazole rings is 1. The highest BCUT2D eigenvalue weighted by molar-refractivity contribution is 7.14. The molecule has 1 aliphatic heterocycles. The van der Waals surface area contributed by atoms with Gasteiger partial charge in [0.1, 0.15) is 5.76 Å². The van der Waals surface area contributed by atoms with Crippen LogP contribution in [0.4, 0.5) is 0 Å². The standard InChI is InChI=1S/C16H20N2O4S/c1-10-4-5-13(21-10)15-17-6-12(23-15)8-18-7-11(2)22-14(9-18)16(19)20-3/h4-6,11,14H,7-9H2,1-3H3/t11-,14-/m1/s1. The molecule has 23 heavy (non-hydrogen) atoms. The van der Waals surface area contributed by atoms with Gasteiger partial charge in [-0.2, -0.15) is 0 Å². The van der Waals surface area contributed by atoms with Crippen molar-refractivity contribution in [3.63, 3.8) is 0 Å². The summed E-state index contributed by atoms with van der Waals surface area (Å²) < 4.78 is 16.0. The van der Waals surface area contributed by atoms with Crippen LogP contribution in [0.15, 0.2) is 22.7 Å². The first-order valence-corrected chi connectivity index (χ1v) is 8.34. The lowest BCUT2D eigenvalue weighted by molar-refractivity contribution is -0.166. The summed E-state index contributed by atoms with van der Waals surface area (Å²) in [4.78, 5) is 19.5. The Hall–Kier alpha value is -1.70. The van der Waals surface area contributed by atoms with E-state index in [1.54, 1.807) is 11.3 Å². The average molecular weight is 336 g/mol. The number of furan rings is 1. The lowest BCUT2D eigenvalue weighted by Gasteiger charge is -2.35. The topological polar surface area (TPSA) is 64.8 Å². The molecule has 0 aromatic carbocycles. The molecule has 3 rings (SSSR count). The summed E-state index contributed by atoms with van der Waals surface area (Å²) in [7, 11) is 1.39. The molecule has 3 heterocycles. The molecule has 0 radical (unpaired) electrons. The summed E-state index contributed by atoms with van der Waals surface area (Å²) in [6.45, 7) is 5.93. The minimum atomic E-state index is -0.524. The van der Waals surface area contributed by atoms with Crippen LogP contribution in [0.3, 0.4) is 0 Å². The number of methoxy groups -OCH3 is 1. The van der Waals surface area contributed by atoms with Crippen LogP contribution in [0, 0.1) is 6.92 Å². The highest BCUT2D eigenvalue weighted by Crippen LogP contribution is 2.28. The number of hydrogen-bond acceptors (Lipinski definition) is 7. The highest BCUT2D eigenvalue weighted by atomic mass is 32.1. The number of esters is 1. The zero-order valence-electron chi connectivity index (χ0n) is 13.4. The lowest BCUT2D eigenvalue weighted by Crippen LogP contribution is -2.49. The van der Waals surface area contributed by atoms with Crippen LogP contribution in [0.25, 0.3) is 10.8 Å². The van der Waals surface area contributed by atoms with Gasteiger partial charge in [0, 0.05) is 30.7 Å². The maximum atomic E-state index is 11.7. The van der Waals surface area contributed by atoms with Crippen molar-refractivity contribution < 1.29 is 18.7 Å². The van der Waals surface area contributed by atoms with Crippen LogP contribution in [-0.4, -0.2) is 48.3 Å². The molecule has 7 heteroatoms. The molecule has 1 saturated heterocycles. The molecule has 2 aromatic heterocycles. The molecule has 0 saturated carbocycles. The van der Waals surface area contributed by atoms with Gasteiger partial charge in [-0.3, -0.25) is 4.90 Å². The van der Waals surface area contributed by atoms with Crippen molar-refractivity contribution in [2.45, 2.75) is 32.6 Å². The quantitative estimate of drug-likeness (QED) is 0.799. The fraction of sp³-hybridized carbons (Fsp3) is 0.500. The SMILES string of the molecule is COC(=O)[C@H]1CN(Cc2cnc(-c3ccc(C)o3)s2)C[C@@H](C)O1. The maximum absolute atomic E-state index is 11.7. The second-order valence-corrected chi connectivity index (χ2v) is 6.81. The van der Waals surface area contributed by atoms with Crippen LogP contribution in [0.5, 0.6) is 0 Å². The van der Waals surface area contributed by atoms with Gasteiger partial charge in [-0.25, -0.2) is 9.78 Å². The minimum Gasteiger partial charge on any atom is -0.467 e. The summed E-state index contributed by atoms with van der Waals surface area (Å²) in [5.41, 5.74) is 0. The van der Waals surface area contributed by atoms with Crippen molar-refractivity contribution in [1.82, 2.24) is 9.88 Å². The predicted molar refractivity (Wildman–Crippen MR) is 86.2 cm³/mol. The third-order valence-corrected chi connectivity index (χ3v) is 4.68. The average Bonchev–Trinajstić information content (AvgIpc) is 3.14. The normalized spacial score (nSPS) is 22.2. The van der Waals surface area contributed by atoms with Gasteiger partial charge in [0.05, 0.1) is 13.2 Å². The molecule has 0 bridgehead atoms. The molecule has 124 valence electrons. The molecule has 0 amide bonds.